The second kappa shape index (κ2) is 3.44. The van der Waals surface area contributed by atoms with Crippen molar-refractivity contribution in [3.05, 3.63) is 23.8 Å². The third-order valence-electron chi connectivity index (χ3n) is 2.92. The van der Waals surface area contributed by atoms with E-state index in [0.29, 0.717) is 6.73 Å². The lowest BCUT2D eigenvalue weighted by Crippen LogP contribution is -2.21. The highest BCUT2D eigenvalue weighted by molar-refractivity contribution is 5.63. The Morgan fingerprint density at radius 3 is 2.67 bits per heavy atom. The van der Waals surface area contributed by atoms with Gasteiger partial charge in [-0.15, -0.1) is 0 Å². The van der Waals surface area contributed by atoms with Gasteiger partial charge in [-0.3, -0.25) is 0 Å². The molecule has 0 atom stereocenters. The summed E-state index contributed by atoms with van der Waals surface area (Å²) in [5.41, 5.74) is 2.81. The number of benzene rings is 1. The lowest BCUT2D eigenvalue weighted by atomic mass is 9.87. The molecule has 0 spiro atoms. The monoisotopic (exact) mass is 205 g/mol. The first kappa shape index (κ1) is 10.3. The number of rotatable bonds is 1. The Bertz CT molecular complexity index is 365. The number of hydrogen-bond acceptors (Lipinski definition) is 2. The van der Waals surface area contributed by atoms with Gasteiger partial charge < -0.3 is 9.64 Å². The Balaban J connectivity index is 2.41. The average molecular weight is 205 g/mol. The zero-order chi connectivity index (χ0) is 11.1. The van der Waals surface area contributed by atoms with E-state index in [0.717, 1.165) is 12.3 Å². The van der Waals surface area contributed by atoms with E-state index in [4.69, 9.17) is 4.74 Å². The maximum absolute atomic E-state index is 5.60. The molecule has 1 aromatic rings. The fourth-order valence-corrected chi connectivity index (χ4v) is 1.83. The number of ether oxygens (including phenoxy) is 1. The van der Waals surface area contributed by atoms with Crippen molar-refractivity contribution in [3.8, 4) is 5.75 Å². The van der Waals surface area contributed by atoms with Crippen LogP contribution in [0.25, 0.3) is 0 Å². The van der Waals surface area contributed by atoms with Crippen molar-refractivity contribution in [1.82, 2.24) is 0 Å². The molecule has 0 saturated heterocycles. The van der Waals surface area contributed by atoms with E-state index in [1.807, 2.05) is 0 Å². The molecule has 0 saturated carbocycles. The van der Waals surface area contributed by atoms with Crippen LogP contribution in [0.2, 0.25) is 0 Å². The van der Waals surface area contributed by atoms with E-state index in [1.165, 1.54) is 11.3 Å². The highest BCUT2D eigenvalue weighted by atomic mass is 16.5. The average Bonchev–Trinajstić information content (AvgIpc) is 2.57. The van der Waals surface area contributed by atoms with Crippen LogP contribution in [0.1, 0.15) is 33.3 Å². The van der Waals surface area contributed by atoms with E-state index in [2.05, 4.69) is 50.8 Å². The molecular weight excluding hydrogens is 186 g/mol. The van der Waals surface area contributed by atoms with Crippen molar-refractivity contribution >= 4 is 5.69 Å². The summed E-state index contributed by atoms with van der Waals surface area (Å²) in [5, 5.41) is 0. The van der Waals surface area contributed by atoms with Crippen molar-refractivity contribution in [2.75, 3.05) is 18.2 Å². The summed E-state index contributed by atoms with van der Waals surface area (Å²) in [6.45, 7) is 10.6. The zero-order valence-corrected chi connectivity index (χ0v) is 10.0. The van der Waals surface area contributed by atoms with Gasteiger partial charge in [-0.05, 0) is 30.0 Å². The van der Waals surface area contributed by atoms with Crippen molar-refractivity contribution < 1.29 is 4.74 Å². The van der Waals surface area contributed by atoms with Crippen LogP contribution >= 0.6 is 0 Å². The lowest BCUT2D eigenvalue weighted by Gasteiger charge is -2.21. The van der Waals surface area contributed by atoms with Crippen LogP contribution in [0, 0.1) is 0 Å². The van der Waals surface area contributed by atoms with Crippen LogP contribution in [0.3, 0.4) is 0 Å². The summed E-state index contributed by atoms with van der Waals surface area (Å²) in [4.78, 5) is 2.25. The number of fused-ring (bicyclic) bond motifs is 1. The molecule has 0 aliphatic carbocycles. The summed E-state index contributed by atoms with van der Waals surface area (Å²) < 4.78 is 5.60. The largest absolute Gasteiger partial charge is 0.471 e. The van der Waals surface area contributed by atoms with Gasteiger partial charge in [0.15, 0.2) is 6.73 Å². The van der Waals surface area contributed by atoms with Gasteiger partial charge in [-0.1, -0.05) is 26.8 Å². The van der Waals surface area contributed by atoms with E-state index in [1.54, 1.807) is 0 Å². The van der Waals surface area contributed by atoms with E-state index in [-0.39, 0.29) is 5.41 Å². The Morgan fingerprint density at radius 2 is 2.07 bits per heavy atom. The third-order valence-corrected chi connectivity index (χ3v) is 2.92. The molecule has 15 heavy (non-hydrogen) atoms. The predicted octanol–water partition coefficient (Wildman–Crippen LogP) is 3.16. The molecule has 0 unspecified atom stereocenters. The van der Waals surface area contributed by atoms with Crippen molar-refractivity contribution in [1.29, 1.82) is 0 Å². The Labute approximate surface area is 91.9 Å². The summed E-state index contributed by atoms with van der Waals surface area (Å²) in [5.74, 6) is 1.02. The fraction of sp³-hybridized carbons (Fsp3) is 0.538. The minimum atomic E-state index is 0.205. The predicted molar refractivity (Wildman–Crippen MR) is 63.7 cm³/mol. The van der Waals surface area contributed by atoms with Gasteiger partial charge in [0.1, 0.15) is 5.75 Å². The molecule has 82 valence electrons. The van der Waals surface area contributed by atoms with E-state index < -0.39 is 0 Å². The van der Waals surface area contributed by atoms with Crippen molar-refractivity contribution in [2.24, 2.45) is 0 Å². The standard InChI is InChI=1S/C13H19NO/c1-5-14-9-15-12-7-6-10(8-11(12)14)13(2,3)4/h6-8H,5,9H2,1-4H3. The van der Waals surface area contributed by atoms with Gasteiger partial charge in [0.2, 0.25) is 0 Å². The summed E-state index contributed by atoms with van der Waals surface area (Å²) in [7, 11) is 0. The van der Waals surface area contributed by atoms with Gasteiger partial charge in [0.25, 0.3) is 0 Å². The first-order valence-electron chi connectivity index (χ1n) is 5.54. The molecule has 1 heterocycles. The van der Waals surface area contributed by atoms with Crippen molar-refractivity contribution in [2.45, 2.75) is 33.1 Å². The molecule has 0 N–H and O–H groups in total. The quantitative estimate of drug-likeness (QED) is 0.698. The Morgan fingerprint density at radius 1 is 1.33 bits per heavy atom. The summed E-state index contributed by atoms with van der Waals surface area (Å²) >= 11 is 0. The highest BCUT2D eigenvalue weighted by Gasteiger charge is 2.22. The first-order valence-corrected chi connectivity index (χ1v) is 5.54. The minimum Gasteiger partial charge on any atom is -0.471 e. The molecular formula is C13H19NO. The number of nitrogens with zero attached hydrogens (tertiary/aromatic N) is 1. The smallest absolute Gasteiger partial charge is 0.161 e. The minimum absolute atomic E-state index is 0.205. The van der Waals surface area contributed by atoms with E-state index >= 15 is 0 Å². The van der Waals surface area contributed by atoms with Gasteiger partial charge in [-0.25, -0.2) is 0 Å². The normalized spacial score (nSPS) is 15.1. The van der Waals surface area contributed by atoms with E-state index in [9.17, 15) is 0 Å². The molecule has 0 amide bonds. The highest BCUT2D eigenvalue weighted by Crippen LogP contribution is 2.37. The van der Waals surface area contributed by atoms with Gasteiger partial charge >= 0.3 is 0 Å². The van der Waals surface area contributed by atoms with Crippen LogP contribution in [-0.2, 0) is 5.41 Å². The zero-order valence-electron chi connectivity index (χ0n) is 10.0. The topological polar surface area (TPSA) is 12.5 Å². The second-order valence-electron chi connectivity index (χ2n) is 5.06. The molecule has 0 aromatic heterocycles. The fourth-order valence-electron chi connectivity index (χ4n) is 1.83. The molecule has 2 heteroatoms. The third kappa shape index (κ3) is 1.81. The number of anilines is 1. The molecule has 0 bridgehead atoms. The van der Waals surface area contributed by atoms with Crippen LogP contribution in [0.15, 0.2) is 18.2 Å². The maximum atomic E-state index is 5.60. The van der Waals surface area contributed by atoms with Crippen LogP contribution < -0.4 is 9.64 Å². The molecule has 1 aromatic carbocycles. The first-order chi connectivity index (χ1) is 7.02. The molecule has 2 nitrogen and oxygen atoms in total. The van der Waals surface area contributed by atoms with Crippen molar-refractivity contribution in [3.63, 3.8) is 0 Å². The van der Waals surface area contributed by atoms with Crippen LogP contribution in [0.4, 0.5) is 5.69 Å². The SMILES string of the molecule is CCN1COc2ccc(C(C)(C)C)cc21. The molecule has 1 aliphatic rings. The summed E-state index contributed by atoms with van der Waals surface area (Å²) in [6, 6.07) is 6.51. The Hall–Kier alpha value is -1.18. The molecule has 1 aliphatic heterocycles. The number of hydrogen-bond donors (Lipinski definition) is 0. The Kier molecular flexibility index (Phi) is 2.37. The maximum Gasteiger partial charge on any atom is 0.161 e. The second-order valence-corrected chi connectivity index (χ2v) is 5.06. The lowest BCUT2D eigenvalue weighted by molar-refractivity contribution is 0.348. The molecule has 2 rings (SSSR count). The molecule has 0 radical (unpaired) electrons. The van der Waals surface area contributed by atoms with Crippen LogP contribution in [0.5, 0.6) is 5.75 Å². The van der Waals surface area contributed by atoms with Crippen LogP contribution in [-0.4, -0.2) is 13.3 Å². The molecule has 0 fully saturated rings. The van der Waals surface area contributed by atoms with Gasteiger partial charge in [-0.2, -0.15) is 0 Å². The van der Waals surface area contributed by atoms with Gasteiger partial charge in [0, 0.05) is 6.54 Å². The van der Waals surface area contributed by atoms with Gasteiger partial charge in [0.05, 0.1) is 5.69 Å². The summed E-state index contributed by atoms with van der Waals surface area (Å²) in [6.07, 6.45) is 0.